The molecule has 0 radical (unpaired) electrons. The van der Waals surface area contributed by atoms with Crippen molar-refractivity contribution < 1.29 is 31.0 Å². The summed E-state index contributed by atoms with van der Waals surface area (Å²) in [6.45, 7) is 5.71. The van der Waals surface area contributed by atoms with Gasteiger partial charge >= 0.3 is 5.51 Å². The average molecular weight is 301 g/mol. The zero-order chi connectivity index (χ0) is 15.1. The van der Waals surface area contributed by atoms with E-state index in [1.165, 1.54) is 36.3 Å². The lowest BCUT2D eigenvalue weighted by molar-refractivity contribution is -0.788. The first-order valence-corrected chi connectivity index (χ1v) is 7.29. The van der Waals surface area contributed by atoms with Gasteiger partial charge in [-0.15, -0.1) is 0 Å². The quantitative estimate of drug-likeness (QED) is 0.633. The molecule has 1 N–H and O–H groups in total. The highest BCUT2D eigenvalue weighted by Crippen LogP contribution is 2.20. The summed E-state index contributed by atoms with van der Waals surface area (Å²) in [5.41, 5.74) is -4.16. The molecule has 0 aromatic heterocycles. The summed E-state index contributed by atoms with van der Waals surface area (Å²) in [5.74, 6) is 0. The largest absolute Gasteiger partial charge is 0.741 e. The van der Waals surface area contributed by atoms with Crippen molar-refractivity contribution >= 4 is 10.1 Å². The summed E-state index contributed by atoms with van der Waals surface area (Å²) >= 11 is 0. The van der Waals surface area contributed by atoms with Gasteiger partial charge in [0, 0.05) is 11.6 Å². The maximum Gasteiger partial charge on any atom is 0.485 e. The topological polar surface area (TPSA) is 61.6 Å². The second kappa shape index (κ2) is 7.66. The van der Waals surface area contributed by atoms with Crippen molar-refractivity contribution in [3.05, 3.63) is 24.0 Å². The number of alkyl halides is 3. The van der Waals surface area contributed by atoms with Crippen molar-refractivity contribution in [3.8, 4) is 0 Å². The van der Waals surface area contributed by atoms with Gasteiger partial charge in [0.15, 0.2) is 10.1 Å². The number of allylic oxidation sites excluding steroid dienone is 2. The Morgan fingerprint density at radius 2 is 1.84 bits per heavy atom. The third kappa shape index (κ3) is 7.34. The van der Waals surface area contributed by atoms with Gasteiger partial charge < -0.3 is 4.55 Å². The molecule has 8 heteroatoms. The normalized spacial score (nSPS) is 18.8. The van der Waals surface area contributed by atoms with E-state index in [1.807, 2.05) is 0 Å². The molecule has 1 aliphatic heterocycles. The molecule has 19 heavy (non-hydrogen) atoms. The maximum atomic E-state index is 10.7. The smallest absolute Gasteiger partial charge is 0.485 e. The Balaban J connectivity index is 0.000000362. The Morgan fingerprint density at radius 1 is 1.32 bits per heavy atom. The number of nitrogens with one attached hydrogen (secondary N) is 1. The molecular formula is C11H18F3NO3S. The van der Waals surface area contributed by atoms with Crippen LogP contribution < -0.4 is 4.90 Å². The van der Waals surface area contributed by atoms with Crippen LogP contribution in [-0.2, 0) is 10.1 Å². The third-order valence-corrected chi connectivity index (χ3v) is 2.96. The lowest BCUT2D eigenvalue weighted by Crippen LogP contribution is -3.01. The van der Waals surface area contributed by atoms with E-state index in [0.717, 1.165) is 0 Å². The predicted octanol–water partition coefficient (Wildman–Crippen LogP) is 1.54. The molecule has 4 nitrogen and oxygen atoms in total. The van der Waals surface area contributed by atoms with E-state index in [-0.39, 0.29) is 0 Å². The van der Waals surface area contributed by atoms with Crippen molar-refractivity contribution in [2.45, 2.75) is 38.6 Å². The molecule has 0 aliphatic carbocycles. The van der Waals surface area contributed by atoms with Crippen molar-refractivity contribution in [3.63, 3.8) is 0 Å². The fraction of sp³-hybridized carbons (Fsp3) is 0.636. The number of halogens is 3. The minimum absolute atomic E-state index is 1.17. The van der Waals surface area contributed by atoms with Gasteiger partial charge in [-0.05, 0) is 12.8 Å². The van der Waals surface area contributed by atoms with Crippen LogP contribution in [-0.4, -0.2) is 25.0 Å². The molecule has 0 amide bonds. The Bertz CT molecular complexity index is 427. The molecule has 1 rings (SSSR count). The number of rotatable bonds is 4. The summed E-state index contributed by atoms with van der Waals surface area (Å²) in [5, 5.41) is 0. The van der Waals surface area contributed by atoms with E-state index in [1.54, 1.807) is 0 Å². The molecule has 0 saturated carbocycles. The van der Waals surface area contributed by atoms with Crippen molar-refractivity contribution in [2.24, 2.45) is 0 Å². The SMILES string of the molecule is CCCC[NH+]1C=CC(CC)=C1.O=S(=O)([O-])C(F)(F)F. The van der Waals surface area contributed by atoms with Crippen LogP contribution in [0, 0.1) is 0 Å². The highest BCUT2D eigenvalue weighted by atomic mass is 32.2. The van der Waals surface area contributed by atoms with E-state index < -0.39 is 15.6 Å². The minimum atomic E-state index is -6.09. The fourth-order valence-electron chi connectivity index (χ4n) is 1.30. The van der Waals surface area contributed by atoms with Crippen molar-refractivity contribution in [2.75, 3.05) is 6.54 Å². The lowest BCUT2D eigenvalue weighted by atomic mass is 10.2. The maximum absolute atomic E-state index is 10.7. The minimum Gasteiger partial charge on any atom is -0.741 e. The summed E-state index contributed by atoms with van der Waals surface area (Å²) in [4.78, 5) is 1.52. The van der Waals surface area contributed by atoms with Crippen molar-refractivity contribution in [1.82, 2.24) is 0 Å². The van der Waals surface area contributed by atoms with Crippen LogP contribution in [0.25, 0.3) is 0 Å². The lowest BCUT2D eigenvalue weighted by Gasteiger charge is -2.08. The van der Waals surface area contributed by atoms with Gasteiger partial charge in [0.05, 0.1) is 12.7 Å². The molecule has 1 atom stereocenters. The molecule has 0 spiro atoms. The molecule has 0 fully saturated rings. The first-order valence-electron chi connectivity index (χ1n) is 5.88. The molecular weight excluding hydrogens is 283 g/mol. The standard InChI is InChI=1S/C10H17N.CHF3O3S/c1-3-5-7-11-8-6-10(4-2)9-11;2-1(3,4)8(5,6)7/h6,8-9H,3-5,7H2,1-2H3;(H,5,6,7). The molecule has 0 bridgehead atoms. The Morgan fingerprint density at radius 3 is 2.16 bits per heavy atom. The molecule has 0 aromatic rings. The van der Waals surface area contributed by atoms with Gasteiger partial charge in [-0.25, -0.2) is 8.42 Å². The number of unbranched alkanes of at least 4 members (excludes halogenated alkanes) is 1. The Labute approximate surface area is 111 Å². The van der Waals surface area contributed by atoms with Crippen LogP contribution in [0.2, 0.25) is 0 Å². The van der Waals surface area contributed by atoms with Gasteiger partial charge in [0.1, 0.15) is 6.20 Å². The van der Waals surface area contributed by atoms with Gasteiger partial charge in [-0.1, -0.05) is 20.3 Å². The number of hydrogen-bond acceptors (Lipinski definition) is 3. The van der Waals surface area contributed by atoms with E-state index in [9.17, 15) is 13.2 Å². The van der Waals surface area contributed by atoms with Crippen LogP contribution in [0.15, 0.2) is 24.0 Å². The Kier molecular flexibility index (Phi) is 7.32. The predicted molar refractivity (Wildman–Crippen MR) is 64.0 cm³/mol. The zero-order valence-corrected chi connectivity index (χ0v) is 11.6. The second-order valence-electron chi connectivity index (χ2n) is 3.98. The van der Waals surface area contributed by atoms with Crippen LogP contribution in [0.3, 0.4) is 0 Å². The Hall–Kier alpha value is -0.860. The first kappa shape index (κ1) is 18.1. The summed E-state index contributed by atoms with van der Waals surface area (Å²) in [7, 11) is -6.09. The van der Waals surface area contributed by atoms with Gasteiger partial charge in [0.2, 0.25) is 0 Å². The zero-order valence-electron chi connectivity index (χ0n) is 10.8. The van der Waals surface area contributed by atoms with Gasteiger partial charge in [-0.2, -0.15) is 13.2 Å². The molecule has 0 saturated heterocycles. The van der Waals surface area contributed by atoms with Crippen molar-refractivity contribution in [1.29, 1.82) is 0 Å². The average Bonchev–Trinajstić information content (AvgIpc) is 2.72. The summed E-state index contributed by atoms with van der Waals surface area (Å²) < 4.78 is 58.9. The fourth-order valence-corrected chi connectivity index (χ4v) is 1.30. The van der Waals surface area contributed by atoms with Crippen LogP contribution in [0.5, 0.6) is 0 Å². The van der Waals surface area contributed by atoms with Gasteiger partial charge in [0.25, 0.3) is 0 Å². The van der Waals surface area contributed by atoms with Crippen LogP contribution >= 0.6 is 0 Å². The molecule has 112 valence electrons. The summed E-state index contributed by atoms with van der Waals surface area (Å²) in [6.07, 6.45) is 10.6. The van der Waals surface area contributed by atoms with Gasteiger partial charge in [-0.3, -0.25) is 4.90 Å². The third-order valence-electron chi connectivity index (χ3n) is 2.39. The summed E-state index contributed by atoms with van der Waals surface area (Å²) in [6, 6.07) is 0. The first-order chi connectivity index (χ1) is 8.61. The number of quaternary nitrogens is 1. The van der Waals surface area contributed by atoms with Crippen LogP contribution in [0.1, 0.15) is 33.1 Å². The van der Waals surface area contributed by atoms with E-state index in [0.29, 0.717) is 0 Å². The molecule has 0 aromatic carbocycles. The van der Waals surface area contributed by atoms with Crippen LogP contribution in [0.4, 0.5) is 13.2 Å². The highest BCUT2D eigenvalue weighted by Gasteiger charge is 2.36. The second-order valence-corrected chi connectivity index (χ2v) is 5.36. The van der Waals surface area contributed by atoms with E-state index in [2.05, 4.69) is 32.3 Å². The highest BCUT2D eigenvalue weighted by molar-refractivity contribution is 7.86. The molecule has 1 unspecified atom stereocenters. The molecule has 1 aliphatic rings. The monoisotopic (exact) mass is 301 g/mol. The molecule has 1 heterocycles. The van der Waals surface area contributed by atoms with E-state index >= 15 is 0 Å². The van der Waals surface area contributed by atoms with E-state index in [4.69, 9.17) is 13.0 Å². The number of hydrogen-bond donors (Lipinski definition) is 1.